The Kier molecular flexibility index (Phi) is 3.89. The Balaban J connectivity index is 2.80. The third-order valence-corrected chi connectivity index (χ3v) is 2.12. The SMILES string of the molecule is CC[C@@H](/C=C\Cl)c1ccccc1. The molecule has 0 nitrogen and oxygen atoms in total. The van der Waals surface area contributed by atoms with Crippen molar-refractivity contribution in [2.75, 3.05) is 0 Å². The number of rotatable bonds is 3. The van der Waals surface area contributed by atoms with E-state index in [1.54, 1.807) is 5.54 Å². The van der Waals surface area contributed by atoms with Gasteiger partial charge in [-0.05, 0) is 12.0 Å². The van der Waals surface area contributed by atoms with Gasteiger partial charge in [-0.25, -0.2) is 0 Å². The largest absolute Gasteiger partial charge is 0.0933 e. The second kappa shape index (κ2) is 5.00. The van der Waals surface area contributed by atoms with Gasteiger partial charge in [0.2, 0.25) is 0 Å². The maximum Gasteiger partial charge on any atom is 0.00270 e. The molecule has 0 aliphatic heterocycles. The lowest BCUT2D eigenvalue weighted by molar-refractivity contribution is 0.806. The molecule has 0 bridgehead atoms. The summed E-state index contributed by atoms with van der Waals surface area (Å²) in [4.78, 5) is 0. The second-order valence-corrected chi connectivity index (χ2v) is 3.00. The van der Waals surface area contributed by atoms with Crippen LogP contribution in [0.4, 0.5) is 0 Å². The highest BCUT2D eigenvalue weighted by atomic mass is 35.5. The molecule has 1 heteroatoms. The maximum atomic E-state index is 5.54. The highest BCUT2D eigenvalue weighted by Crippen LogP contribution is 2.20. The van der Waals surface area contributed by atoms with Gasteiger partial charge in [-0.15, -0.1) is 0 Å². The monoisotopic (exact) mass is 180 g/mol. The minimum atomic E-state index is 0.462. The Labute approximate surface area is 78.9 Å². The fourth-order valence-electron chi connectivity index (χ4n) is 1.27. The van der Waals surface area contributed by atoms with Gasteiger partial charge in [0.25, 0.3) is 0 Å². The summed E-state index contributed by atoms with van der Waals surface area (Å²) in [5, 5.41) is 0. The van der Waals surface area contributed by atoms with E-state index in [4.69, 9.17) is 11.6 Å². The highest BCUT2D eigenvalue weighted by molar-refractivity contribution is 6.25. The van der Waals surface area contributed by atoms with Crippen LogP contribution < -0.4 is 0 Å². The van der Waals surface area contributed by atoms with E-state index in [0.29, 0.717) is 5.92 Å². The zero-order chi connectivity index (χ0) is 8.81. The lowest BCUT2D eigenvalue weighted by Crippen LogP contribution is -1.91. The van der Waals surface area contributed by atoms with Gasteiger partial charge in [0.05, 0.1) is 0 Å². The molecule has 1 aromatic rings. The van der Waals surface area contributed by atoms with Crippen LogP contribution in [0.15, 0.2) is 41.9 Å². The van der Waals surface area contributed by atoms with Crippen LogP contribution in [0.5, 0.6) is 0 Å². The van der Waals surface area contributed by atoms with Crippen molar-refractivity contribution in [3.8, 4) is 0 Å². The van der Waals surface area contributed by atoms with Crippen LogP contribution in [0.3, 0.4) is 0 Å². The summed E-state index contributed by atoms with van der Waals surface area (Å²) < 4.78 is 0. The van der Waals surface area contributed by atoms with Crippen LogP contribution in [0.25, 0.3) is 0 Å². The summed E-state index contributed by atoms with van der Waals surface area (Å²) in [7, 11) is 0. The zero-order valence-electron chi connectivity index (χ0n) is 7.20. The topological polar surface area (TPSA) is 0 Å². The molecule has 12 heavy (non-hydrogen) atoms. The molecule has 0 saturated heterocycles. The minimum Gasteiger partial charge on any atom is -0.0933 e. The first kappa shape index (κ1) is 9.34. The van der Waals surface area contributed by atoms with E-state index in [1.807, 2.05) is 12.1 Å². The molecule has 0 fully saturated rings. The molecule has 0 radical (unpaired) electrons. The molecule has 0 amide bonds. The minimum absolute atomic E-state index is 0.462. The van der Waals surface area contributed by atoms with Gasteiger partial charge in [-0.2, -0.15) is 0 Å². The Morgan fingerprint density at radius 2 is 2.00 bits per heavy atom. The van der Waals surface area contributed by atoms with Crippen molar-refractivity contribution in [1.82, 2.24) is 0 Å². The van der Waals surface area contributed by atoms with E-state index in [1.165, 1.54) is 5.56 Å². The van der Waals surface area contributed by atoms with Gasteiger partial charge in [0.1, 0.15) is 0 Å². The van der Waals surface area contributed by atoms with Crippen molar-refractivity contribution in [3.05, 3.63) is 47.5 Å². The molecule has 1 atom stereocenters. The first-order valence-corrected chi connectivity index (χ1v) is 4.64. The molecule has 64 valence electrons. The van der Waals surface area contributed by atoms with Crippen molar-refractivity contribution < 1.29 is 0 Å². The van der Waals surface area contributed by atoms with Gasteiger partial charge in [-0.1, -0.05) is 54.9 Å². The smallest absolute Gasteiger partial charge is 0.00270 e. The van der Waals surface area contributed by atoms with Gasteiger partial charge in [0, 0.05) is 11.5 Å². The van der Waals surface area contributed by atoms with Crippen LogP contribution >= 0.6 is 11.6 Å². The van der Waals surface area contributed by atoms with Crippen LogP contribution in [0.2, 0.25) is 0 Å². The third-order valence-electron chi connectivity index (χ3n) is 1.97. The molecule has 0 N–H and O–H groups in total. The molecule has 1 rings (SSSR count). The first-order valence-electron chi connectivity index (χ1n) is 4.20. The molecule has 0 saturated carbocycles. The number of benzene rings is 1. The Hall–Kier alpha value is -0.750. The summed E-state index contributed by atoms with van der Waals surface area (Å²) in [6.07, 6.45) is 3.12. The van der Waals surface area contributed by atoms with Crippen LogP contribution in [0.1, 0.15) is 24.8 Å². The average Bonchev–Trinajstić information content (AvgIpc) is 2.15. The first-order chi connectivity index (χ1) is 5.88. The molecule has 0 spiro atoms. The third kappa shape index (κ3) is 2.38. The summed E-state index contributed by atoms with van der Waals surface area (Å²) in [6.45, 7) is 2.16. The van der Waals surface area contributed by atoms with Crippen molar-refractivity contribution >= 4 is 11.6 Å². The van der Waals surface area contributed by atoms with Crippen LogP contribution in [0, 0.1) is 0 Å². The molecule has 0 aromatic heterocycles. The van der Waals surface area contributed by atoms with E-state index in [2.05, 4.69) is 31.2 Å². The highest BCUT2D eigenvalue weighted by Gasteiger charge is 2.02. The quantitative estimate of drug-likeness (QED) is 0.661. The normalized spacial score (nSPS) is 13.5. The Morgan fingerprint density at radius 3 is 2.50 bits per heavy atom. The number of hydrogen-bond donors (Lipinski definition) is 0. The summed E-state index contributed by atoms with van der Waals surface area (Å²) in [6, 6.07) is 10.4. The van der Waals surface area contributed by atoms with E-state index >= 15 is 0 Å². The van der Waals surface area contributed by atoms with Crippen LogP contribution in [-0.2, 0) is 0 Å². The van der Waals surface area contributed by atoms with Crippen molar-refractivity contribution in [3.63, 3.8) is 0 Å². The van der Waals surface area contributed by atoms with Gasteiger partial charge in [-0.3, -0.25) is 0 Å². The average molecular weight is 181 g/mol. The lowest BCUT2D eigenvalue weighted by Gasteiger charge is -2.08. The standard InChI is InChI=1S/C11H13Cl/c1-2-10(8-9-12)11-6-4-3-5-7-11/h3-10H,2H2,1H3/b9-8-/t10-/m0/s1. The lowest BCUT2D eigenvalue weighted by atomic mass is 9.97. The Bertz CT molecular complexity index is 238. The number of halogens is 1. The van der Waals surface area contributed by atoms with E-state index < -0.39 is 0 Å². The van der Waals surface area contributed by atoms with Crippen LogP contribution in [-0.4, -0.2) is 0 Å². The van der Waals surface area contributed by atoms with Crippen molar-refractivity contribution in [2.24, 2.45) is 0 Å². The van der Waals surface area contributed by atoms with Crippen molar-refractivity contribution in [2.45, 2.75) is 19.3 Å². The Morgan fingerprint density at radius 1 is 1.33 bits per heavy atom. The van der Waals surface area contributed by atoms with Gasteiger partial charge in [0.15, 0.2) is 0 Å². The van der Waals surface area contributed by atoms with E-state index in [0.717, 1.165) is 6.42 Å². The predicted molar refractivity (Wildman–Crippen MR) is 54.5 cm³/mol. The summed E-state index contributed by atoms with van der Waals surface area (Å²) >= 11 is 5.54. The van der Waals surface area contributed by atoms with E-state index in [9.17, 15) is 0 Å². The zero-order valence-corrected chi connectivity index (χ0v) is 7.96. The fourth-order valence-corrected chi connectivity index (χ4v) is 1.45. The predicted octanol–water partition coefficient (Wildman–Crippen LogP) is 3.93. The molecular weight excluding hydrogens is 168 g/mol. The molecular formula is C11H13Cl. The van der Waals surface area contributed by atoms with E-state index in [-0.39, 0.29) is 0 Å². The maximum absolute atomic E-state index is 5.54. The van der Waals surface area contributed by atoms with Crippen molar-refractivity contribution in [1.29, 1.82) is 0 Å². The molecule has 0 aliphatic carbocycles. The van der Waals surface area contributed by atoms with Gasteiger partial charge >= 0.3 is 0 Å². The molecule has 1 aromatic carbocycles. The van der Waals surface area contributed by atoms with Gasteiger partial charge < -0.3 is 0 Å². The second-order valence-electron chi connectivity index (χ2n) is 2.74. The summed E-state index contributed by atoms with van der Waals surface area (Å²) in [5.41, 5.74) is 2.93. The number of hydrogen-bond acceptors (Lipinski definition) is 0. The molecule has 0 unspecified atom stereocenters. The summed E-state index contributed by atoms with van der Waals surface area (Å²) in [5.74, 6) is 0.462. The fraction of sp³-hybridized carbons (Fsp3) is 0.273. The molecule has 0 aliphatic rings. The molecule has 0 heterocycles. The number of allylic oxidation sites excluding steroid dienone is 1.